The van der Waals surface area contributed by atoms with Gasteiger partial charge in [-0.3, -0.25) is 0 Å². The van der Waals surface area contributed by atoms with Gasteiger partial charge >= 0.3 is 0 Å². The van der Waals surface area contributed by atoms with Gasteiger partial charge in [-0.2, -0.15) is 0 Å². The first-order chi connectivity index (χ1) is 6.19. The summed E-state index contributed by atoms with van der Waals surface area (Å²) in [7, 11) is 1.56. The molecule has 1 rings (SSSR count). The van der Waals surface area contributed by atoms with Crippen molar-refractivity contribution in [2.24, 2.45) is 5.73 Å². The first-order valence-corrected chi connectivity index (χ1v) is 4.31. The highest BCUT2D eigenvalue weighted by Crippen LogP contribution is 2.28. The fraction of sp³-hybridized carbons (Fsp3) is 0.400. The van der Waals surface area contributed by atoms with E-state index >= 15 is 0 Å². The van der Waals surface area contributed by atoms with Crippen molar-refractivity contribution >= 4 is 0 Å². The van der Waals surface area contributed by atoms with Crippen LogP contribution < -0.4 is 10.5 Å². The number of methoxy groups -OCH3 is 1. The van der Waals surface area contributed by atoms with E-state index in [1.807, 2.05) is 6.92 Å². The van der Waals surface area contributed by atoms with Gasteiger partial charge in [0, 0.05) is 17.7 Å². The third kappa shape index (κ3) is 2.12. The number of hydrogen-bond donors (Lipinski definition) is 2. The molecule has 3 N–H and O–H groups in total. The number of aromatic hydroxyl groups is 1. The van der Waals surface area contributed by atoms with Crippen LogP contribution in [-0.2, 0) is 0 Å². The molecular formula is C10H15NO2. The highest BCUT2D eigenvalue weighted by Gasteiger charge is 2.09. The molecule has 1 aromatic carbocycles. The van der Waals surface area contributed by atoms with Crippen LogP contribution in [0.3, 0.4) is 0 Å². The Morgan fingerprint density at radius 1 is 1.54 bits per heavy atom. The molecule has 0 bridgehead atoms. The van der Waals surface area contributed by atoms with Crippen molar-refractivity contribution < 1.29 is 9.84 Å². The van der Waals surface area contributed by atoms with Crippen LogP contribution in [0.1, 0.15) is 24.9 Å². The third-order valence-electron chi connectivity index (χ3n) is 2.08. The minimum absolute atomic E-state index is 0.106. The van der Waals surface area contributed by atoms with Gasteiger partial charge in [0.25, 0.3) is 0 Å². The van der Waals surface area contributed by atoms with Gasteiger partial charge in [0.05, 0.1) is 7.11 Å². The number of phenols is 1. The van der Waals surface area contributed by atoms with Crippen molar-refractivity contribution in [1.82, 2.24) is 0 Å². The van der Waals surface area contributed by atoms with E-state index < -0.39 is 0 Å². The maximum Gasteiger partial charge on any atom is 0.124 e. The van der Waals surface area contributed by atoms with E-state index in [9.17, 15) is 5.11 Å². The summed E-state index contributed by atoms with van der Waals surface area (Å²) in [6, 6.07) is 5.06. The molecule has 0 aliphatic carbocycles. The van der Waals surface area contributed by atoms with Crippen molar-refractivity contribution in [3.63, 3.8) is 0 Å². The fourth-order valence-corrected chi connectivity index (χ4v) is 1.18. The second kappa shape index (κ2) is 4.14. The van der Waals surface area contributed by atoms with E-state index in [-0.39, 0.29) is 11.8 Å². The van der Waals surface area contributed by atoms with Gasteiger partial charge in [-0.1, -0.05) is 13.0 Å². The Balaban J connectivity index is 2.98. The second-order valence-electron chi connectivity index (χ2n) is 2.94. The Kier molecular flexibility index (Phi) is 3.14. The number of nitrogens with two attached hydrogens (primary N) is 1. The summed E-state index contributed by atoms with van der Waals surface area (Å²) < 4.78 is 4.96. The molecule has 0 aliphatic heterocycles. The monoisotopic (exact) mass is 181 g/mol. The molecule has 0 heterocycles. The molecule has 0 aromatic heterocycles. The number of hydrogen-bond acceptors (Lipinski definition) is 3. The predicted octanol–water partition coefficient (Wildman–Crippen LogP) is 1.81. The van der Waals surface area contributed by atoms with Crippen molar-refractivity contribution in [3.8, 4) is 11.5 Å². The summed E-state index contributed by atoms with van der Waals surface area (Å²) in [5.41, 5.74) is 6.55. The molecule has 1 atom stereocenters. The Morgan fingerprint density at radius 2 is 2.23 bits per heavy atom. The van der Waals surface area contributed by atoms with Crippen molar-refractivity contribution in [2.45, 2.75) is 19.4 Å². The Bertz CT molecular complexity index is 286. The first kappa shape index (κ1) is 9.86. The van der Waals surface area contributed by atoms with E-state index in [0.29, 0.717) is 5.75 Å². The highest BCUT2D eigenvalue weighted by atomic mass is 16.5. The molecule has 1 unspecified atom stereocenters. The molecule has 1 aromatic rings. The maximum absolute atomic E-state index is 9.56. The zero-order valence-corrected chi connectivity index (χ0v) is 7.95. The molecule has 0 fully saturated rings. The molecule has 72 valence electrons. The highest BCUT2D eigenvalue weighted by molar-refractivity contribution is 5.41. The smallest absolute Gasteiger partial charge is 0.124 e. The average molecular weight is 181 g/mol. The minimum atomic E-state index is -0.106. The molecule has 13 heavy (non-hydrogen) atoms. The predicted molar refractivity (Wildman–Crippen MR) is 51.9 cm³/mol. The summed E-state index contributed by atoms with van der Waals surface area (Å²) in [6.07, 6.45) is 0.805. The average Bonchev–Trinajstić information content (AvgIpc) is 2.16. The van der Waals surface area contributed by atoms with Crippen LogP contribution in [-0.4, -0.2) is 12.2 Å². The number of benzene rings is 1. The van der Waals surface area contributed by atoms with Gasteiger partial charge in [-0.15, -0.1) is 0 Å². The molecule has 0 saturated heterocycles. The van der Waals surface area contributed by atoms with Crippen LogP contribution >= 0.6 is 0 Å². The van der Waals surface area contributed by atoms with Gasteiger partial charge in [-0.25, -0.2) is 0 Å². The molecule has 0 saturated carbocycles. The second-order valence-corrected chi connectivity index (χ2v) is 2.94. The summed E-state index contributed by atoms with van der Waals surface area (Å²) in [5.74, 6) is 0.846. The fourth-order valence-electron chi connectivity index (χ4n) is 1.18. The van der Waals surface area contributed by atoms with E-state index in [1.54, 1.807) is 25.3 Å². The van der Waals surface area contributed by atoms with Crippen molar-refractivity contribution in [2.75, 3.05) is 7.11 Å². The van der Waals surface area contributed by atoms with Gasteiger partial charge in [-0.05, 0) is 12.5 Å². The van der Waals surface area contributed by atoms with Gasteiger partial charge < -0.3 is 15.6 Å². The molecule has 0 amide bonds. The van der Waals surface area contributed by atoms with E-state index in [1.165, 1.54) is 0 Å². The van der Waals surface area contributed by atoms with Gasteiger partial charge in [0.2, 0.25) is 0 Å². The molecular weight excluding hydrogens is 166 g/mol. The van der Waals surface area contributed by atoms with E-state index in [2.05, 4.69) is 0 Å². The lowest BCUT2D eigenvalue weighted by atomic mass is 10.0. The van der Waals surface area contributed by atoms with Crippen LogP contribution in [0.5, 0.6) is 11.5 Å². The van der Waals surface area contributed by atoms with Crippen LogP contribution in [0.15, 0.2) is 18.2 Å². The summed E-state index contributed by atoms with van der Waals surface area (Å²) in [5, 5.41) is 9.56. The van der Waals surface area contributed by atoms with Gasteiger partial charge in [0.1, 0.15) is 11.5 Å². The largest absolute Gasteiger partial charge is 0.507 e. The SMILES string of the molecule is CCC(N)c1ccc(OC)cc1O. The summed E-state index contributed by atoms with van der Waals surface area (Å²) in [4.78, 5) is 0. The lowest BCUT2D eigenvalue weighted by Crippen LogP contribution is -2.08. The lowest BCUT2D eigenvalue weighted by molar-refractivity contribution is 0.405. The van der Waals surface area contributed by atoms with Crippen LogP contribution in [0.4, 0.5) is 0 Å². The normalized spacial score (nSPS) is 12.5. The summed E-state index contributed by atoms with van der Waals surface area (Å²) in [6.45, 7) is 1.98. The molecule has 0 aliphatic rings. The minimum Gasteiger partial charge on any atom is -0.507 e. The molecule has 0 spiro atoms. The van der Waals surface area contributed by atoms with E-state index in [0.717, 1.165) is 12.0 Å². The first-order valence-electron chi connectivity index (χ1n) is 4.31. The standard InChI is InChI=1S/C10H15NO2/c1-3-9(11)8-5-4-7(13-2)6-10(8)12/h4-6,9,12H,3,11H2,1-2H3. The Labute approximate surface area is 78.1 Å². The number of rotatable bonds is 3. The van der Waals surface area contributed by atoms with E-state index in [4.69, 9.17) is 10.5 Å². The maximum atomic E-state index is 9.56. The lowest BCUT2D eigenvalue weighted by Gasteiger charge is -2.11. The Hall–Kier alpha value is -1.22. The van der Waals surface area contributed by atoms with Crippen LogP contribution in [0, 0.1) is 0 Å². The van der Waals surface area contributed by atoms with Gasteiger partial charge in [0.15, 0.2) is 0 Å². The zero-order chi connectivity index (χ0) is 9.84. The topological polar surface area (TPSA) is 55.5 Å². The quantitative estimate of drug-likeness (QED) is 0.747. The molecule has 3 heteroatoms. The number of phenolic OH excluding ortho intramolecular Hbond substituents is 1. The number of ether oxygens (including phenoxy) is 1. The molecule has 3 nitrogen and oxygen atoms in total. The summed E-state index contributed by atoms with van der Waals surface area (Å²) >= 11 is 0. The van der Waals surface area contributed by atoms with Crippen molar-refractivity contribution in [3.05, 3.63) is 23.8 Å². The zero-order valence-electron chi connectivity index (χ0n) is 7.95. The Morgan fingerprint density at radius 3 is 2.69 bits per heavy atom. The van der Waals surface area contributed by atoms with Crippen LogP contribution in [0.2, 0.25) is 0 Å². The molecule has 0 radical (unpaired) electrons. The van der Waals surface area contributed by atoms with Crippen LogP contribution in [0.25, 0.3) is 0 Å². The van der Waals surface area contributed by atoms with Crippen molar-refractivity contribution in [1.29, 1.82) is 0 Å². The third-order valence-corrected chi connectivity index (χ3v) is 2.08.